The van der Waals surface area contributed by atoms with Gasteiger partial charge < -0.3 is 9.09 Å². The second-order valence-corrected chi connectivity index (χ2v) is 8.18. The first-order valence-electron chi connectivity index (χ1n) is 9.25. The van der Waals surface area contributed by atoms with Gasteiger partial charge in [-0.2, -0.15) is 4.98 Å². The number of rotatable bonds is 4. The Morgan fingerprint density at radius 2 is 1.81 bits per heavy atom. The van der Waals surface area contributed by atoms with Crippen molar-refractivity contribution in [2.75, 3.05) is 0 Å². The highest BCUT2D eigenvalue weighted by Gasteiger charge is 2.29. The molecular weight excluding hydrogens is 354 g/mol. The quantitative estimate of drug-likeness (QED) is 0.399. The van der Waals surface area contributed by atoms with E-state index in [-0.39, 0.29) is 0 Å². The summed E-state index contributed by atoms with van der Waals surface area (Å²) in [5.74, 6) is 2.01. The molecule has 4 nitrogen and oxygen atoms in total. The minimum atomic E-state index is 0.504. The van der Waals surface area contributed by atoms with E-state index in [2.05, 4.69) is 75.4 Å². The van der Waals surface area contributed by atoms with Crippen molar-refractivity contribution in [3.05, 3.63) is 72.1 Å². The predicted molar refractivity (Wildman–Crippen MR) is 108 cm³/mol. The van der Waals surface area contributed by atoms with Crippen LogP contribution in [0.4, 0.5) is 0 Å². The smallest absolute Gasteiger partial charge is 0.268 e. The Balaban J connectivity index is 1.52. The molecule has 0 spiro atoms. The van der Waals surface area contributed by atoms with E-state index in [1.807, 2.05) is 0 Å². The second kappa shape index (κ2) is 5.79. The summed E-state index contributed by atoms with van der Waals surface area (Å²) in [5.41, 5.74) is 2.56. The van der Waals surface area contributed by atoms with Crippen molar-refractivity contribution in [3.8, 4) is 10.8 Å². The minimum absolute atomic E-state index is 0.504. The third kappa shape index (κ3) is 2.50. The molecule has 0 radical (unpaired) electrons. The summed E-state index contributed by atoms with van der Waals surface area (Å²) in [5, 5.41) is 6.70. The highest BCUT2D eigenvalue weighted by atomic mass is 32.1. The fraction of sp³-hybridized carbons (Fsp3) is 0.182. The lowest BCUT2D eigenvalue weighted by atomic mass is 10.2. The van der Waals surface area contributed by atoms with E-state index in [4.69, 9.17) is 4.52 Å². The molecule has 2 aromatic carbocycles. The summed E-state index contributed by atoms with van der Waals surface area (Å²) in [6, 6.07) is 21.4. The molecule has 0 amide bonds. The van der Waals surface area contributed by atoms with Gasteiger partial charge >= 0.3 is 0 Å². The average Bonchev–Trinajstić information content (AvgIpc) is 3.17. The third-order valence-corrected chi connectivity index (χ3v) is 6.37. The number of hydrogen-bond acceptors (Lipinski definition) is 4. The maximum absolute atomic E-state index is 5.56. The van der Waals surface area contributed by atoms with Crippen LogP contribution in [0.15, 0.2) is 65.2 Å². The lowest BCUT2D eigenvalue weighted by Gasteiger charge is -2.06. The minimum Gasteiger partial charge on any atom is -0.333 e. The Labute approximate surface area is 160 Å². The van der Waals surface area contributed by atoms with Gasteiger partial charge in [-0.3, -0.25) is 0 Å². The summed E-state index contributed by atoms with van der Waals surface area (Å²) in [6.45, 7) is 0.849. The van der Waals surface area contributed by atoms with Gasteiger partial charge in [0.05, 0.1) is 10.4 Å². The number of fused-ring (bicyclic) bond motifs is 3. The van der Waals surface area contributed by atoms with Gasteiger partial charge in [0.25, 0.3) is 5.89 Å². The molecule has 1 saturated carbocycles. The zero-order valence-electron chi connectivity index (χ0n) is 14.6. The predicted octanol–water partition coefficient (Wildman–Crippen LogP) is 5.83. The first-order chi connectivity index (χ1) is 13.4. The Hall–Kier alpha value is -2.92. The number of aromatic nitrogens is 3. The van der Waals surface area contributed by atoms with Gasteiger partial charge in [0.15, 0.2) is 5.82 Å². The number of thiophene rings is 1. The Morgan fingerprint density at radius 3 is 2.67 bits per heavy atom. The molecule has 3 heterocycles. The van der Waals surface area contributed by atoms with Crippen LogP contribution in [0.1, 0.15) is 30.1 Å². The summed E-state index contributed by atoms with van der Waals surface area (Å²) in [6.07, 6.45) is 2.36. The fourth-order valence-electron chi connectivity index (χ4n) is 3.69. The molecule has 1 fully saturated rings. The monoisotopic (exact) mass is 371 g/mol. The first-order valence-corrected chi connectivity index (χ1v) is 10.1. The maximum atomic E-state index is 5.56. The number of nitrogens with zero attached hydrogens (tertiary/aromatic N) is 3. The van der Waals surface area contributed by atoms with Crippen LogP contribution in [0.2, 0.25) is 0 Å². The largest absolute Gasteiger partial charge is 0.333 e. The molecule has 0 saturated heterocycles. The molecule has 3 aromatic heterocycles. The van der Waals surface area contributed by atoms with E-state index >= 15 is 0 Å². The molecule has 5 heteroatoms. The standard InChI is InChI=1S/C22H17N3OS/c1-2-6-14(7-3-1)13-25-18-9-5-4-8-16(18)17-12-19(27-22(17)25)21-23-20(24-26-21)15-10-11-15/h1-9,12,15H,10-11,13H2. The molecule has 0 aliphatic heterocycles. The van der Waals surface area contributed by atoms with Gasteiger partial charge in [-0.25, -0.2) is 0 Å². The fourth-order valence-corrected chi connectivity index (χ4v) is 4.80. The highest BCUT2D eigenvalue weighted by molar-refractivity contribution is 7.22. The van der Waals surface area contributed by atoms with E-state index in [0.717, 1.165) is 17.2 Å². The van der Waals surface area contributed by atoms with Crippen molar-refractivity contribution >= 4 is 32.5 Å². The second-order valence-electron chi connectivity index (χ2n) is 7.15. The summed E-state index contributed by atoms with van der Waals surface area (Å²) in [7, 11) is 0. The SMILES string of the molecule is c1ccc(Cn2c3ccccc3c3cc(-c4nc(C5CC5)no4)sc32)cc1. The molecule has 5 aromatic rings. The third-order valence-electron chi connectivity index (χ3n) is 5.22. The van der Waals surface area contributed by atoms with Crippen molar-refractivity contribution in [3.63, 3.8) is 0 Å². The van der Waals surface area contributed by atoms with Gasteiger partial charge in [-0.15, -0.1) is 11.3 Å². The lowest BCUT2D eigenvalue weighted by Crippen LogP contribution is -1.97. The molecule has 6 rings (SSSR count). The van der Waals surface area contributed by atoms with Crippen LogP contribution in [0.25, 0.3) is 31.9 Å². The van der Waals surface area contributed by atoms with Gasteiger partial charge in [0.2, 0.25) is 0 Å². The summed E-state index contributed by atoms with van der Waals surface area (Å²) < 4.78 is 7.96. The van der Waals surface area contributed by atoms with Crippen molar-refractivity contribution in [1.29, 1.82) is 0 Å². The Kier molecular flexibility index (Phi) is 3.25. The lowest BCUT2D eigenvalue weighted by molar-refractivity contribution is 0.423. The van der Waals surface area contributed by atoms with Crippen molar-refractivity contribution in [2.45, 2.75) is 25.3 Å². The van der Waals surface area contributed by atoms with Crippen LogP contribution in [-0.2, 0) is 6.54 Å². The van der Waals surface area contributed by atoms with Crippen LogP contribution in [0, 0.1) is 0 Å². The number of hydrogen-bond donors (Lipinski definition) is 0. The van der Waals surface area contributed by atoms with E-state index in [9.17, 15) is 0 Å². The Morgan fingerprint density at radius 1 is 1.00 bits per heavy atom. The van der Waals surface area contributed by atoms with E-state index in [0.29, 0.717) is 11.8 Å². The maximum Gasteiger partial charge on any atom is 0.268 e. The topological polar surface area (TPSA) is 43.9 Å². The molecule has 0 N–H and O–H groups in total. The van der Waals surface area contributed by atoms with Crippen LogP contribution >= 0.6 is 11.3 Å². The van der Waals surface area contributed by atoms with Gasteiger partial charge in [0.1, 0.15) is 4.83 Å². The summed E-state index contributed by atoms with van der Waals surface area (Å²) in [4.78, 5) is 6.93. The van der Waals surface area contributed by atoms with Crippen LogP contribution in [0.5, 0.6) is 0 Å². The highest BCUT2D eigenvalue weighted by Crippen LogP contribution is 2.42. The zero-order valence-corrected chi connectivity index (χ0v) is 15.4. The molecular formula is C22H17N3OS. The van der Waals surface area contributed by atoms with E-state index < -0.39 is 0 Å². The normalized spacial score (nSPS) is 14.4. The summed E-state index contributed by atoms with van der Waals surface area (Å²) >= 11 is 1.73. The van der Waals surface area contributed by atoms with Crippen molar-refractivity contribution < 1.29 is 4.52 Å². The van der Waals surface area contributed by atoms with Crippen LogP contribution < -0.4 is 0 Å². The zero-order chi connectivity index (χ0) is 17.8. The molecule has 27 heavy (non-hydrogen) atoms. The molecule has 1 aliphatic rings. The number of benzene rings is 2. The number of para-hydroxylation sites is 1. The molecule has 0 atom stereocenters. The van der Waals surface area contributed by atoms with E-state index in [1.165, 1.54) is 39.5 Å². The van der Waals surface area contributed by atoms with Crippen molar-refractivity contribution in [2.24, 2.45) is 0 Å². The van der Waals surface area contributed by atoms with Gasteiger partial charge in [-0.05, 0) is 30.5 Å². The Bertz CT molecular complexity index is 1260. The van der Waals surface area contributed by atoms with Crippen LogP contribution in [-0.4, -0.2) is 14.7 Å². The molecule has 0 bridgehead atoms. The molecule has 132 valence electrons. The average molecular weight is 371 g/mol. The van der Waals surface area contributed by atoms with Gasteiger partial charge in [-0.1, -0.05) is 53.7 Å². The first kappa shape index (κ1) is 15.2. The van der Waals surface area contributed by atoms with E-state index in [1.54, 1.807) is 11.3 Å². The van der Waals surface area contributed by atoms with Crippen LogP contribution in [0.3, 0.4) is 0 Å². The molecule has 1 aliphatic carbocycles. The van der Waals surface area contributed by atoms with Crippen molar-refractivity contribution in [1.82, 2.24) is 14.7 Å². The van der Waals surface area contributed by atoms with Gasteiger partial charge in [0, 0.05) is 23.2 Å². The molecule has 0 unspecified atom stereocenters.